The highest BCUT2D eigenvalue weighted by atomic mass is 16.5. The summed E-state index contributed by atoms with van der Waals surface area (Å²) in [5.74, 6) is 1.79. The summed E-state index contributed by atoms with van der Waals surface area (Å²) in [7, 11) is 3.97. The molecule has 0 unspecified atom stereocenters. The van der Waals surface area contributed by atoms with Crippen LogP contribution in [0.15, 0.2) is 55.3 Å². The second-order valence-corrected chi connectivity index (χ2v) is 4.87. The number of pyridine rings is 1. The van der Waals surface area contributed by atoms with Gasteiger partial charge in [-0.3, -0.25) is 0 Å². The molecule has 0 aliphatic rings. The van der Waals surface area contributed by atoms with Crippen molar-refractivity contribution in [2.24, 2.45) is 0 Å². The molecule has 0 saturated heterocycles. The van der Waals surface area contributed by atoms with E-state index < -0.39 is 0 Å². The van der Waals surface area contributed by atoms with Gasteiger partial charge in [0.05, 0.1) is 5.69 Å². The number of anilines is 2. The molecule has 4 heteroatoms. The third kappa shape index (κ3) is 4.24. The van der Waals surface area contributed by atoms with E-state index in [0.717, 1.165) is 23.8 Å². The molecule has 0 bridgehead atoms. The number of hydrogen-bond acceptors (Lipinski definition) is 4. The monoisotopic (exact) mass is 283 g/mol. The van der Waals surface area contributed by atoms with Gasteiger partial charge >= 0.3 is 0 Å². The lowest BCUT2D eigenvalue weighted by Gasteiger charge is -2.17. The number of aromatic nitrogens is 1. The van der Waals surface area contributed by atoms with Crippen LogP contribution < -0.4 is 15.0 Å². The van der Waals surface area contributed by atoms with Crippen molar-refractivity contribution in [3.05, 3.63) is 60.8 Å². The van der Waals surface area contributed by atoms with Crippen molar-refractivity contribution in [1.82, 2.24) is 4.98 Å². The van der Waals surface area contributed by atoms with E-state index in [1.54, 1.807) is 12.3 Å². The van der Waals surface area contributed by atoms with Crippen molar-refractivity contribution in [3.63, 3.8) is 0 Å². The first-order chi connectivity index (χ1) is 10.2. The standard InChI is InChI=1S/C17H21N3O/c1-4-12-21-15-9-7-14(8-10-15)13-19-16-6-5-11-18-17(16)20(2)3/h4-11,19H,1,12-13H2,2-3H3. The molecule has 0 aliphatic heterocycles. The van der Waals surface area contributed by atoms with E-state index in [1.807, 2.05) is 43.3 Å². The molecule has 0 atom stereocenters. The van der Waals surface area contributed by atoms with Crippen molar-refractivity contribution < 1.29 is 4.74 Å². The molecule has 0 spiro atoms. The van der Waals surface area contributed by atoms with Crippen LogP contribution in [0.2, 0.25) is 0 Å². The SMILES string of the molecule is C=CCOc1ccc(CNc2cccnc2N(C)C)cc1. The molecule has 0 aliphatic carbocycles. The van der Waals surface area contributed by atoms with Crippen LogP contribution in [0.1, 0.15) is 5.56 Å². The van der Waals surface area contributed by atoms with Gasteiger partial charge in [-0.1, -0.05) is 24.8 Å². The van der Waals surface area contributed by atoms with E-state index >= 15 is 0 Å². The molecule has 1 N–H and O–H groups in total. The first-order valence-corrected chi connectivity index (χ1v) is 6.89. The van der Waals surface area contributed by atoms with Crippen LogP contribution in [0.5, 0.6) is 5.75 Å². The Labute approximate surface area is 126 Å². The molecule has 21 heavy (non-hydrogen) atoms. The van der Waals surface area contributed by atoms with Gasteiger partial charge in [0.1, 0.15) is 12.4 Å². The zero-order valence-corrected chi connectivity index (χ0v) is 12.5. The van der Waals surface area contributed by atoms with Crippen LogP contribution in [0.25, 0.3) is 0 Å². The van der Waals surface area contributed by atoms with Crippen LogP contribution in [0.4, 0.5) is 11.5 Å². The van der Waals surface area contributed by atoms with Crippen LogP contribution >= 0.6 is 0 Å². The lowest BCUT2D eigenvalue weighted by atomic mass is 10.2. The van der Waals surface area contributed by atoms with E-state index in [4.69, 9.17) is 4.74 Å². The van der Waals surface area contributed by atoms with Crippen molar-refractivity contribution in [3.8, 4) is 5.75 Å². The Hall–Kier alpha value is -2.49. The third-order valence-electron chi connectivity index (χ3n) is 2.98. The average Bonchev–Trinajstić information content (AvgIpc) is 2.52. The van der Waals surface area contributed by atoms with Gasteiger partial charge in [0.25, 0.3) is 0 Å². The summed E-state index contributed by atoms with van der Waals surface area (Å²) in [5, 5.41) is 3.41. The van der Waals surface area contributed by atoms with Crippen LogP contribution in [0, 0.1) is 0 Å². The summed E-state index contributed by atoms with van der Waals surface area (Å²) in [6.07, 6.45) is 3.53. The number of nitrogens with one attached hydrogen (secondary N) is 1. The highest BCUT2D eigenvalue weighted by molar-refractivity contribution is 5.64. The quantitative estimate of drug-likeness (QED) is 0.791. The Kier molecular flexibility index (Phi) is 5.21. The lowest BCUT2D eigenvalue weighted by molar-refractivity contribution is 0.363. The number of rotatable bonds is 7. The molecule has 2 aromatic rings. The summed E-state index contributed by atoms with van der Waals surface area (Å²) in [6.45, 7) is 4.91. The van der Waals surface area contributed by atoms with Gasteiger partial charge in [-0.25, -0.2) is 4.98 Å². The summed E-state index contributed by atoms with van der Waals surface area (Å²) in [4.78, 5) is 6.37. The maximum absolute atomic E-state index is 5.47. The molecule has 1 aromatic carbocycles. The zero-order valence-electron chi connectivity index (χ0n) is 12.5. The zero-order chi connectivity index (χ0) is 15.1. The van der Waals surface area contributed by atoms with Gasteiger partial charge in [-0.2, -0.15) is 0 Å². The molecule has 2 rings (SSSR count). The Morgan fingerprint density at radius 1 is 1.24 bits per heavy atom. The van der Waals surface area contributed by atoms with Crippen molar-refractivity contribution in [1.29, 1.82) is 0 Å². The first-order valence-electron chi connectivity index (χ1n) is 6.89. The second-order valence-electron chi connectivity index (χ2n) is 4.87. The number of ether oxygens (including phenoxy) is 1. The highest BCUT2D eigenvalue weighted by Crippen LogP contribution is 2.21. The number of benzene rings is 1. The van der Waals surface area contributed by atoms with Gasteiger partial charge in [0, 0.05) is 26.8 Å². The van der Waals surface area contributed by atoms with Crippen LogP contribution in [-0.2, 0) is 6.54 Å². The maximum Gasteiger partial charge on any atom is 0.151 e. The van der Waals surface area contributed by atoms with Gasteiger partial charge < -0.3 is 15.0 Å². The fourth-order valence-electron chi connectivity index (χ4n) is 1.95. The largest absolute Gasteiger partial charge is 0.490 e. The summed E-state index contributed by atoms with van der Waals surface area (Å²) >= 11 is 0. The van der Waals surface area contributed by atoms with Crippen LogP contribution in [0.3, 0.4) is 0 Å². The molecule has 4 nitrogen and oxygen atoms in total. The molecule has 0 radical (unpaired) electrons. The first kappa shape index (κ1) is 14.9. The van der Waals surface area contributed by atoms with Crippen molar-refractivity contribution in [2.45, 2.75) is 6.54 Å². The predicted molar refractivity (Wildman–Crippen MR) is 88.0 cm³/mol. The Balaban J connectivity index is 1.98. The Morgan fingerprint density at radius 2 is 2.00 bits per heavy atom. The second kappa shape index (κ2) is 7.33. The lowest BCUT2D eigenvalue weighted by Crippen LogP contribution is -2.13. The van der Waals surface area contributed by atoms with E-state index in [2.05, 4.69) is 29.0 Å². The Morgan fingerprint density at radius 3 is 2.67 bits per heavy atom. The number of hydrogen-bond donors (Lipinski definition) is 1. The minimum absolute atomic E-state index is 0.527. The van der Waals surface area contributed by atoms with Gasteiger partial charge in [0.2, 0.25) is 0 Å². The topological polar surface area (TPSA) is 37.4 Å². The smallest absolute Gasteiger partial charge is 0.151 e. The molecule has 0 saturated carbocycles. The molecule has 0 fully saturated rings. The highest BCUT2D eigenvalue weighted by Gasteiger charge is 2.04. The average molecular weight is 283 g/mol. The molecule has 0 amide bonds. The van der Waals surface area contributed by atoms with E-state index in [-0.39, 0.29) is 0 Å². The van der Waals surface area contributed by atoms with Crippen LogP contribution in [-0.4, -0.2) is 25.7 Å². The third-order valence-corrected chi connectivity index (χ3v) is 2.98. The molecular formula is C17H21N3O. The fourth-order valence-corrected chi connectivity index (χ4v) is 1.95. The number of nitrogens with zero attached hydrogens (tertiary/aromatic N) is 2. The molecule has 1 heterocycles. The fraction of sp³-hybridized carbons (Fsp3) is 0.235. The van der Waals surface area contributed by atoms with Gasteiger partial charge in [0.15, 0.2) is 5.82 Å². The predicted octanol–water partition coefficient (Wildman–Crippen LogP) is 3.32. The van der Waals surface area contributed by atoms with E-state index in [9.17, 15) is 0 Å². The normalized spacial score (nSPS) is 10.0. The van der Waals surface area contributed by atoms with E-state index in [0.29, 0.717) is 6.61 Å². The summed E-state index contributed by atoms with van der Waals surface area (Å²) in [6, 6.07) is 12.0. The maximum atomic E-state index is 5.47. The molecule has 110 valence electrons. The van der Waals surface area contributed by atoms with Gasteiger partial charge in [-0.05, 0) is 29.8 Å². The minimum Gasteiger partial charge on any atom is -0.490 e. The summed E-state index contributed by atoms with van der Waals surface area (Å²) in [5.41, 5.74) is 2.21. The Bertz CT molecular complexity index is 579. The van der Waals surface area contributed by atoms with Crippen molar-refractivity contribution >= 4 is 11.5 Å². The minimum atomic E-state index is 0.527. The van der Waals surface area contributed by atoms with Gasteiger partial charge in [-0.15, -0.1) is 0 Å². The van der Waals surface area contributed by atoms with E-state index in [1.165, 1.54) is 5.56 Å². The molecular weight excluding hydrogens is 262 g/mol. The summed E-state index contributed by atoms with van der Waals surface area (Å²) < 4.78 is 5.47. The molecule has 1 aromatic heterocycles. The van der Waals surface area contributed by atoms with Crippen molar-refractivity contribution in [2.75, 3.05) is 30.9 Å².